The highest BCUT2D eigenvalue weighted by molar-refractivity contribution is 5.99. The van der Waals surface area contributed by atoms with E-state index in [0.29, 0.717) is 5.56 Å². The van der Waals surface area contributed by atoms with Crippen LogP contribution >= 0.6 is 0 Å². The van der Waals surface area contributed by atoms with E-state index in [1.54, 1.807) is 44.2 Å². The fourth-order valence-electron chi connectivity index (χ4n) is 6.71. The van der Waals surface area contributed by atoms with Crippen molar-refractivity contribution in [2.45, 2.75) is 135 Å². The molecule has 2 rings (SSSR count). The SMILES string of the molecule is CC(C)[C@@H]1NC(=O)CNC(=O)[C@H]([C@@H](C)O)NC(=O)[C@H](CCC(=O)O)NC(=O)[C@H](C)NC(=O)[C@H](CC(=O)O)NC(=O)[C@H](C(C)C)NC(=O)[C@H](CCCN=C(N)N)NC(=O)[C@H](Cc2ccccc2)NC1=O. The number of carbonyl (C=O) groups excluding carboxylic acids is 9. The minimum atomic E-state index is -1.86. The van der Waals surface area contributed by atoms with E-state index in [1.165, 1.54) is 13.8 Å². The van der Waals surface area contributed by atoms with E-state index in [9.17, 15) is 68.1 Å². The Hall–Kier alpha value is -7.38. The topological polar surface area (TPSA) is 421 Å². The molecule has 0 radical (unpaired) electrons. The van der Waals surface area contributed by atoms with Crippen LogP contribution in [0.1, 0.15) is 79.2 Å². The monoisotopic (exact) mass is 974 g/mol. The molecule has 9 atom stereocenters. The third-order valence-corrected chi connectivity index (χ3v) is 10.5. The Kier molecular flexibility index (Phi) is 23.5. The lowest BCUT2D eigenvalue weighted by atomic mass is 9.99. The maximum absolute atomic E-state index is 14.2. The van der Waals surface area contributed by atoms with E-state index in [4.69, 9.17) is 11.5 Å². The molecule has 16 N–H and O–H groups in total. The standard InChI is InChI=1S/C43H66N12O14/c1-20(2)32-41(68)51-27(17-24-11-8-7-9-12-24)39(66)50-25(13-10-16-46-43(44)45)36(63)54-33(21(3)4)42(69)52-28(18-31(60)61)38(65)48-22(5)35(62)49-26(14-15-30(58)59)37(64)55-34(23(6)56)40(67)47-19-29(57)53-32/h7-9,11-12,20-23,25-28,32-34,56H,10,13-19H2,1-6H3,(H,47,67)(H,48,65)(H,49,62)(H,50,66)(H,51,68)(H,52,69)(H,53,57)(H,54,63)(H,55,64)(H,58,59)(H,60,61)(H4,44,45,46)/t22-,23+,25-,26-,27-,28-,32-,33-,34-/m0/s1. The second-order valence-electron chi connectivity index (χ2n) is 17.1. The highest BCUT2D eigenvalue weighted by Crippen LogP contribution is 2.11. The van der Waals surface area contributed by atoms with Crippen molar-refractivity contribution >= 4 is 71.1 Å². The van der Waals surface area contributed by atoms with Gasteiger partial charge in [0.05, 0.1) is 19.1 Å². The molecule has 0 aromatic heterocycles. The molecule has 26 nitrogen and oxygen atoms in total. The number of carboxylic acid groups (broad SMARTS) is 2. The average Bonchev–Trinajstić information content (AvgIpc) is 3.26. The third-order valence-electron chi connectivity index (χ3n) is 10.5. The zero-order chi connectivity index (χ0) is 52.1. The number of aliphatic carboxylic acids is 2. The van der Waals surface area contributed by atoms with Crippen molar-refractivity contribution in [3.05, 3.63) is 35.9 Å². The van der Waals surface area contributed by atoms with Gasteiger partial charge in [-0.15, -0.1) is 0 Å². The van der Waals surface area contributed by atoms with E-state index in [0.717, 1.165) is 13.8 Å². The zero-order valence-corrected chi connectivity index (χ0v) is 39.3. The molecule has 1 aliphatic heterocycles. The molecule has 1 heterocycles. The van der Waals surface area contributed by atoms with Gasteiger partial charge >= 0.3 is 11.9 Å². The lowest BCUT2D eigenvalue weighted by molar-refractivity contribution is -0.142. The van der Waals surface area contributed by atoms with Crippen molar-refractivity contribution in [1.82, 2.24) is 47.9 Å². The fourth-order valence-corrected chi connectivity index (χ4v) is 6.71. The molecule has 1 aromatic rings. The van der Waals surface area contributed by atoms with Gasteiger partial charge in [-0.25, -0.2) is 0 Å². The molecule has 0 bridgehead atoms. The second kappa shape index (κ2) is 28.1. The summed E-state index contributed by atoms with van der Waals surface area (Å²) in [5.74, 6) is -13.7. The predicted molar refractivity (Wildman–Crippen MR) is 245 cm³/mol. The maximum Gasteiger partial charge on any atom is 0.305 e. The summed E-state index contributed by atoms with van der Waals surface area (Å²) in [6.45, 7) is 7.68. The van der Waals surface area contributed by atoms with Crippen LogP contribution in [0.25, 0.3) is 0 Å². The summed E-state index contributed by atoms with van der Waals surface area (Å²) in [5.41, 5.74) is 11.5. The van der Waals surface area contributed by atoms with Gasteiger partial charge in [-0.3, -0.25) is 57.7 Å². The first-order valence-corrected chi connectivity index (χ1v) is 22.2. The van der Waals surface area contributed by atoms with Gasteiger partial charge in [-0.2, -0.15) is 0 Å². The number of aliphatic imine (C=N–C) groups is 1. The summed E-state index contributed by atoms with van der Waals surface area (Å²) < 4.78 is 0. The molecular weight excluding hydrogens is 909 g/mol. The Bertz CT molecular complexity index is 2050. The van der Waals surface area contributed by atoms with E-state index in [2.05, 4.69) is 52.8 Å². The van der Waals surface area contributed by atoms with Gasteiger partial charge in [0.2, 0.25) is 53.2 Å². The van der Waals surface area contributed by atoms with Gasteiger partial charge in [0.1, 0.15) is 48.3 Å². The molecule has 26 heteroatoms. The summed E-state index contributed by atoms with van der Waals surface area (Å²) in [4.78, 5) is 150. The van der Waals surface area contributed by atoms with Gasteiger partial charge in [-0.1, -0.05) is 58.0 Å². The smallest absolute Gasteiger partial charge is 0.305 e. The minimum Gasteiger partial charge on any atom is -0.481 e. The Labute approximate surface area is 398 Å². The van der Waals surface area contributed by atoms with Crippen molar-refractivity contribution in [1.29, 1.82) is 0 Å². The van der Waals surface area contributed by atoms with Crippen molar-refractivity contribution in [2.24, 2.45) is 28.3 Å². The molecule has 1 aromatic carbocycles. The number of nitrogens with one attached hydrogen (secondary N) is 9. The number of hydrogen-bond donors (Lipinski definition) is 14. The Morgan fingerprint density at radius 2 is 1.10 bits per heavy atom. The molecule has 1 fully saturated rings. The molecule has 69 heavy (non-hydrogen) atoms. The number of amides is 9. The number of nitrogens with zero attached hydrogens (tertiary/aromatic N) is 1. The number of benzene rings is 1. The number of aliphatic hydroxyl groups excluding tert-OH is 1. The molecule has 1 aliphatic rings. The summed E-state index contributed by atoms with van der Waals surface area (Å²) in [7, 11) is 0. The number of nitrogens with two attached hydrogens (primary N) is 2. The Morgan fingerprint density at radius 1 is 0.609 bits per heavy atom. The van der Waals surface area contributed by atoms with Gasteiger partial charge < -0.3 is 74.6 Å². The molecule has 0 aliphatic carbocycles. The lowest BCUT2D eigenvalue weighted by Gasteiger charge is -2.29. The normalized spacial score (nSPS) is 24.9. The van der Waals surface area contributed by atoms with Crippen LogP contribution in [0.3, 0.4) is 0 Å². The van der Waals surface area contributed by atoms with Crippen LogP contribution < -0.4 is 59.3 Å². The molecule has 9 amide bonds. The first kappa shape index (κ1) is 57.7. The highest BCUT2D eigenvalue weighted by atomic mass is 16.4. The first-order valence-electron chi connectivity index (χ1n) is 22.2. The van der Waals surface area contributed by atoms with Crippen molar-refractivity contribution in [2.75, 3.05) is 13.1 Å². The number of guanidine groups is 1. The number of hydrogen-bond acceptors (Lipinski definition) is 13. The van der Waals surface area contributed by atoms with Crippen LogP contribution in [-0.4, -0.2) is 154 Å². The summed E-state index contributed by atoms with van der Waals surface area (Å²) in [5, 5.41) is 51.0. The number of carboxylic acids is 2. The third kappa shape index (κ3) is 20.2. The van der Waals surface area contributed by atoms with Crippen LogP contribution in [0.5, 0.6) is 0 Å². The van der Waals surface area contributed by atoms with Crippen LogP contribution in [-0.2, 0) is 59.2 Å². The largest absolute Gasteiger partial charge is 0.481 e. The quantitative estimate of drug-likeness (QED) is 0.0474. The van der Waals surface area contributed by atoms with Gasteiger partial charge in [0.15, 0.2) is 5.96 Å². The molecule has 0 saturated carbocycles. The van der Waals surface area contributed by atoms with Crippen LogP contribution in [0.15, 0.2) is 35.3 Å². The van der Waals surface area contributed by atoms with E-state index in [1.807, 2.05) is 0 Å². The summed E-state index contributed by atoms with van der Waals surface area (Å²) >= 11 is 0. The summed E-state index contributed by atoms with van der Waals surface area (Å²) in [6.07, 6.45) is -4.04. The molecule has 0 unspecified atom stereocenters. The van der Waals surface area contributed by atoms with Gasteiger partial charge in [-0.05, 0) is 50.5 Å². The molecule has 1 saturated heterocycles. The Morgan fingerprint density at radius 3 is 1.64 bits per heavy atom. The van der Waals surface area contributed by atoms with Gasteiger partial charge in [0, 0.05) is 19.4 Å². The molecule has 0 spiro atoms. The van der Waals surface area contributed by atoms with Crippen LogP contribution in [0, 0.1) is 11.8 Å². The predicted octanol–water partition coefficient (Wildman–Crippen LogP) is -4.66. The highest BCUT2D eigenvalue weighted by Gasteiger charge is 2.37. The lowest BCUT2D eigenvalue weighted by Crippen LogP contribution is -2.61. The first-order chi connectivity index (χ1) is 32.3. The Balaban J connectivity index is 2.73. The maximum atomic E-state index is 14.2. The second-order valence-corrected chi connectivity index (χ2v) is 17.1. The number of rotatable bonds is 14. The number of carbonyl (C=O) groups is 11. The van der Waals surface area contributed by atoms with E-state index >= 15 is 0 Å². The van der Waals surface area contributed by atoms with Gasteiger partial charge in [0.25, 0.3) is 0 Å². The van der Waals surface area contributed by atoms with Crippen molar-refractivity contribution in [3.63, 3.8) is 0 Å². The average molecular weight is 975 g/mol. The molecular formula is C43H66N12O14. The number of aliphatic hydroxyl groups is 1. The van der Waals surface area contributed by atoms with Crippen molar-refractivity contribution < 1.29 is 68.1 Å². The molecule has 382 valence electrons. The minimum absolute atomic E-state index is 0.00833. The van der Waals surface area contributed by atoms with E-state index in [-0.39, 0.29) is 31.8 Å². The zero-order valence-electron chi connectivity index (χ0n) is 39.3. The van der Waals surface area contributed by atoms with Crippen LogP contribution in [0.4, 0.5) is 0 Å². The fraction of sp³-hybridized carbons (Fsp3) is 0.581. The van der Waals surface area contributed by atoms with E-state index < -0.39 is 157 Å². The summed E-state index contributed by atoms with van der Waals surface area (Å²) in [6, 6.07) is -4.10. The van der Waals surface area contributed by atoms with Crippen LogP contribution in [0.2, 0.25) is 0 Å². The van der Waals surface area contributed by atoms with Crippen molar-refractivity contribution in [3.8, 4) is 0 Å².